The minimum Gasteiger partial charge on any atom is -0.496 e. The number of nitrogens with one attached hydrogen (secondary N) is 1. The Kier molecular flexibility index (Phi) is 5.58. The lowest BCUT2D eigenvalue weighted by Gasteiger charge is -2.34. The number of carbonyl (C=O) groups excluding carboxylic acids is 1. The maximum atomic E-state index is 12.2. The molecule has 0 spiro atoms. The lowest BCUT2D eigenvalue weighted by atomic mass is 10.0. The Morgan fingerprint density at radius 1 is 1.33 bits per heavy atom. The number of urea groups is 1. The number of ether oxygens (including phenoxy) is 1. The minimum absolute atomic E-state index is 0.273. The number of hydrogen-bond acceptors (Lipinski definition) is 3. The minimum atomic E-state index is -1.26. The molecule has 1 aromatic rings. The quantitative estimate of drug-likeness (QED) is 0.842. The van der Waals surface area contributed by atoms with Crippen molar-refractivity contribution >= 4 is 12.0 Å². The first kappa shape index (κ1) is 16.8. The summed E-state index contributed by atoms with van der Waals surface area (Å²) in [5, 5.41) is 11.9. The van der Waals surface area contributed by atoms with E-state index in [1.807, 2.05) is 18.2 Å². The molecule has 0 aromatic heterocycles. The van der Waals surface area contributed by atoms with Gasteiger partial charge < -0.3 is 20.1 Å². The normalized spacial score (nSPS) is 10.9. The number of para-hydroxylation sites is 1. The fourth-order valence-electron chi connectivity index (χ4n) is 2.02. The summed E-state index contributed by atoms with van der Waals surface area (Å²) >= 11 is 0. The summed E-state index contributed by atoms with van der Waals surface area (Å²) in [5.74, 6) is -0.366. The van der Waals surface area contributed by atoms with Crippen LogP contribution in [0, 0.1) is 0 Å². The predicted octanol–water partition coefficient (Wildman–Crippen LogP) is 2.09. The van der Waals surface area contributed by atoms with Crippen LogP contribution in [0.25, 0.3) is 0 Å². The van der Waals surface area contributed by atoms with Crippen molar-refractivity contribution in [3.05, 3.63) is 29.8 Å². The van der Waals surface area contributed by atoms with Crippen LogP contribution in [0.1, 0.15) is 26.3 Å². The third-order valence-electron chi connectivity index (χ3n) is 3.38. The number of rotatable bonds is 6. The number of benzene rings is 1. The number of carboxylic acids is 1. The van der Waals surface area contributed by atoms with E-state index in [1.54, 1.807) is 20.1 Å². The number of carboxylic acid groups (broad SMARTS) is 1. The first-order valence-corrected chi connectivity index (χ1v) is 6.75. The number of methoxy groups -OCH3 is 1. The molecule has 0 aliphatic heterocycles. The Morgan fingerprint density at radius 3 is 2.48 bits per heavy atom. The van der Waals surface area contributed by atoms with Gasteiger partial charge in [0.2, 0.25) is 0 Å². The highest BCUT2D eigenvalue weighted by atomic mass is 16.5. The lowest BCUT2D eigenvalue weighted by molar-refractivity contribution is -0.147. The molecular formula is C15H22N2O4. The van der Waals surface area contributed by atoms with Crippen LogP contribution < -0.4 is 10.1 Å². The highest BCUT2D eigenvalue weighted by molar-refractivity contribution is 5.85. The van der Waals surface area contributed by atoms with Gasteiger partial charge in [-0.15, -0.1) is 0 Å². The van der Waals surface area contributed by atoms with Gasteiger partial charge in [0, 0.05) is 18.7 Å². The van der Waals surface area contributed by atoms with E-state index in [9.17, 15) is 14.7 Å². The van der Waals surface area contributed by atoms with Crippen molar-refractivity contribution < 1.29 is 19.4 Å². The standard InChI is InChI=1S/C15H22N2O4/c1-5-17(15(2,3)13(18)19)14(20)16-10-11-8-6-7-9-12(11)21-4/h6-9H,5,10H2,1-4H3,(H,16,20)(H,18,19). The summed E-state index contributed by atoms with van der Waals surface area (Å²) in [6.45, 7) is 5.32. The fourth-order valence-corrected chi connectivity index (χ4v) is 2.02. The van der Waals surface area contributed by atoms with E-state index in [0.29, 0.717) is 12.3 Å². The summed E-state index contributed by atoms with van der Waals surface area (Å²) in [6, 6.07) is 6.92. The van der Waals surface area contributed by atoms with Gasteiger partial charge in [-0.3, -0.25) is 0 Å². The zero-order chi connectivity index (χ0) is 16.0. The smallest absolute Gasteiger partial charge is 0.329 e. The average molecular weight is 294 g/mol. The third-order valence-corrected chi connectivity index (χ3v) is 3.38. The third kappa shape index (κ3) is 3.87. The highest BCUT2D eigenvalue weighted by Crippen LogP contribution is 2.18. The van der Waals surface area contributed by atoms with Gasteiger partial charge in [-0.2, -0.15) is 0 Å². The second-order valence-electron chi connectivity index (χ2n) is 5.08. The molecule has 0 fully saturated rings. The molecule has 0 aliphatic carbocycles. The summed E-state index contributed by atoms with van der Waals surface area (Å²) in [5.41, 5.74) is -0.433. The molecule has 0 saturated heterocycles. The van der Waals surface area contributed by atoms with Crippen LogP contribution >= 0.6 is 0 Å². The van der Waals surface area contributed by atoms with Crippen LogP contribution in [-0.4, -0.2) is 41.2 Å². The highest BCUT2D eigenvalue weighted by Gasteiger charge is 2.36. The van der Waals surface area contributed by atoms with E-state index in [2.05, 4.69) is 5.32 Å². The Bertz CT molecular complexity index is 514. The van der Waals surface area contributed by atoms with Crippen LogP contribution in [-0.2, 0) is 11.3 Å². The first-order chi connectivity index (χ1) is 9.84. The van der Waals surface area contributed by atoms with Gasteiger partial charge in [-0.1, -0.05) is 18.2 Å². The predicted molar refractivity (Wildman–Crippen MR) is 79.3 cm³/mol. The molecule has 0 saturated carbocycles. The van der Waals surface area contributed by atoms with Crippen molar-refractivity contribution in [2.75, 3.05) is 13.7 Å². The zero-order valence-electron chi connectivity index (χ0n) is 12.8. The van der Waals surface area contributed by atoms with E-state index in [0.717, 1.165) is 5.56 Å². The monoisotopic (exact) mass is 294 g/mol. The molecule has 0 heterocycles. The van der Waals surface area contributed by atoms with Crippen LogP contribution in [0.2, 0.25) is 0 Å². The Labute approximate surface area is 124 Å². The molecule has 21 heavy (non-hydrogen) atoms. The van der Waals surface area contributed by atoms with Crippen LogP contribution in [0.4, 0.5) is 4.79 Å². The van der Waals surface area contributed by atoms with Crippen LogP contribution in [0.15, 0.2) is 24.3 Å². The van der Waals surface area contributed by atoms with Crippen molar-refractivity contribution in [3.63, 3.8) is 0 Å². The van der Waals surface area contributed by atoms with Crippen molar-refractivity contribution in [2.45, 2.75) is 32.9 Å². The number of carbonyl (C=O) groups is 2. The molecule has 1 aromatic carbocycles. The molecular weight excluding hydrogens is 272 g/mol. The van der Waals surface area contributed by atoms with E-state index in [4.69, 9.17) is 4.74 Å². The molecule has 116 valence electrons. The number of amides is 2. The van der Waals surface area contributed by atoms with Crippen LogP contribution in [0.5, 0.6) is 5.75 Å². The van der Waals surface area contributed by atoms with Crippen molar-refractivity contribution in [1.82, 2.24) is 10.2 Å². The fraction of sp³-hybridized carbons (Fsp3) is 0.467. The molecule has 6 heteroatoms. The first-order valence-electron chi connectivity index (χ1n) is 6.75. The largest absolute Gasteiger partial charge is 0.496 e. The van der Waals surface area contributed by atoms with Gasteiger partial charge in [0.15, 0.2) is 0 Å². The summed E-state index contributed by atoms with van der Waals surface area (Å²) < 4.78 is 5.21. The van der Waals surface area contributed by atoms with E-state index < -0.39 is 17.5 Å². The van der Waals surface area contributed by atoms with E-state index in [-0.39, 0.29) is 6.54 Å². The van der Waals surface area contributed by atoms with Crippen LogP contribution in [0.3, 0.4) is 0 Å². The lowest BCUT2D eigenvalue weighted by Crippen LogP contribution is -2.55. The SMILES string of the molecule is CCN(C(=O)NCc1ccccc1OC)C(C)(C)C(=O)O. The van der Waals surface area contributed by atoms with Gasteiger partial charge >= 0.3 is 12.0 Å². The Balaban J connectivity index is 2.78. The Hall–Kier alpha value is -2.24. The molecule has 2 amide bonds. The second kappa shape index (κ2) is 6.97. The molecule has 0 aliphatic rings. The van der Waals surface area contributed by atoms with Gasteiger partial charge in [-0.25, -0.2) is 9.59 Å². The number of likely N-dealkylation sites (N-methyl/N-ethyl adjacent to an activating group) is 1. The second-order valence-corrected chi connectivity index (χ2v) is 5.08. The van der Waals surface area contributed by atoms with Gasteiger partial charge in [0.1, 0.15) is 11.3 Å². The number of hydrogen-bond donors (Lipinski definition) is 2. The summed E-state index contributed by atoms with van der Waals surface area (Å²) in [7, 11) is 1.56. The van der Waals surface area contributed by atoms with Gasteiger partial charge in [0.25, 0.3) is 0 Å². The molecule has 0 unspecified atom stereocenters. The molecule has 6 nitrogen and oxygen atoms in total. The maximum Gasteiger partial charge on any atom is 0.329 e. The zero-order valence-corrected chi connectivity index (χ0v) is 12.8. The molecule has 2 N–H and O–H groups in total. The van der Waals surface area contributed by atoms with Crippen molar-refractivity contribution in [3.8, 4) is 5.75 Å². The molecule has 0 radical (unpaired) electrons. The summed E-state index contributed by atoms with van der Waals surface area (Å²) in [6.07, 6.45) is 0. The topological polar surface area (TPSA) is 78.9 Å². The van der Waals surface area contributed by atoms with E-state index in [1.165, 1.54) is 18.7 Å². The summed E-state index contributed by atoms with van der Waals surface area (Å²) in [4.78, 5) is 24.8. The average Bonchev–Trinajstić information content (AvgIpc) is 2.45. The number of aliphatic carboxylic acids is 1. The van der Waals surface area contributed by atoms with Gasteiger partial charge in [0.05, 0.1) is 7.11 Å². The van der Waals surface area contributed by atoms with Crippen molar-refractivity contribution in [1.29, 1.82) is 0 Å². The molecule has 0 bridgehead atoms. The molecule has 0 atom stereocenters. The molecule has 1 rings (SSSR count). The number of nitrogens with zero attached hydrogens (tertiary/aromatic N) is 1. The van der Waals surface area contributed by atoms with Crippen molar-refractivity contribution in [2.24, 2.45) is 0 Å². The Morgan fingerprint density at radius 2 is 1.95 bits per heavy atom. The maximum absolute atomic E-state index is 12.2. The van der Waals surface area contributed by atoms with E-state index >= 15 is 0 Å². The van der Waals surface area contributed by atoms with Gasteiger partial charge in [-0.05, 0) is 26.8 Å².